The maximum Gasteiger partial charge on any atom is 0.573 e. The van der Waals surface area contributed by atoms with Crippen LogP contribution in [0.3, 0.4) is 0 Å². The van der Waals surface area contributed by atoms with Gasteiger partial charge in [0.15, 0.2) is 5.82 Å². The SMILES string of the molecule is Cc1ccccc1N1C(=O)CN=C1NC(=O)NCC(F)c1ccc(-c2ncn(-c3ccc(OC(F)(F)F)cc3)n2)cc1. The highest BCUT2D eigenvalue weighted by Crippen LogP contribution is 2.25. The molecule has 1 atom stereocenters. The molecule has 10 nitrogen and oxygen atoms in total. The molecule has 0 aliphatic carbocycles. The first-order valence-electron chi connectivity index (χ1n) is 12.6. The Bertz CT molecular complexity index is 1620. The van der Waals surface area contributed by atoms with Gasteiger partial charge in [0.1, 0.15) is 24.8 Å². The average Bonchev–Trinajstić information content (AvgIpc) is 3.59. The van der Waals surface area contributed by atoms with Crippen molar-refractivity contribution in [1.29, 1.82) is 0 Å². The van der Waals surface area contributed by atoms with Crippen molar-refractivity contribution in [2.45, 2.75) is 19.5 Å². The van der Waals surface area contributed by atoms with E-state index in [1.165, 1.54) is 40.2 Å². The molecule has 0 saturated heterocycles. The number of ether oxygens (including phenoxy) is 1. The third-order valence-electron chi connectivity index (χ3n) is 6.21. The molecule has 14 heteroatoms. The molecule has 1 aliphatic heterocycles. The van der Waals surface area contributed by atoms with Crippen molar-refractivity contribution in [2.75, 3.05) is 18.0 Å². The largest absolute Gasteiger partial charge is 0.573 e. The van der Waals surface area contributed by atoms with Crippen LogP contribution in [0.5, 0.6) is 5.75 Å². The fraction of sp³-hybridized carbons (Fsp3) is 0.179. The number of alkyl halides is 4. The maximum absolute atomic E-state index is 14.9. The third kappa shape index (κ3) is 6.54. The van der Waals surface area contributed by atoms with Crippen LogP contribution in [-0.4, -0.2) is 52.1 Å². The number of hydrogen-bond acceptors (Lipinski definition) is 6. The lowest BCUT2D eigenvalue weighted by Gasteiger charge is -2.21. The number of carbonyl (C=O) groups is 2. The number of aliphatic imine (C=N–C) groups is 1. The van der Waals surface area contributed by atoms with E-state index in [4.69, 9.17) is 0 Å². The number of guanidine groups is 1. The van der Waals surface area contributed by atoms with Gasteiger partial charge in [0, 0.05) is 5.56 Å². The van der Waals surface area contributed by atoms with Gasteiger partial charge in [-0.15, -0.1) is 18.3 Å². The molecule has 1 aliphatic rings. The molecule has 0 fully saturated rings. The molecule has 216 valence electrons. The molecule has 3 aromatic carbocycles. The standard InChI is InChI=1S/C28H23F4N7O3/c1-17-4-2-3-5-23(17)39-24(40)15-33-26(39)36-27(41)34-14-22(29)18-6-8-19(9-7-18)25-35-16-38(37-25)20-10-12-21(13-11-20)42-28(30,31)32/h2-13,16,22H,14-15H2,1H3,(H2,33,34,36,41). The molecule has 4 aromatic rings. The van der Waals surface area contributed by atoms with Gasteiger partial charge in [0.25, 0.3) is 5.91 Å². The molecular weight excluding hydrogens is 558 g/mol. The lowest BCUT2D eigenvalue weighted by Crippen LogP contribution is -2.48. The smallest absolute Gasteiger partial charge is 0.406 e. The Kier molecular flexibility index (Phi) is 7.86. The van der Waals surface area contributed by atoms with E-state index >= 15 is 0 Å². The van der Waals surface area contributed by atoms with Crippen molar-refractivity contribution in [3.8, 4) is 22.8 Å². The van der Waals surface area contributed by atoms with E-state index in [0.29, 0.717) is 28.3 Å². The highest BCUT2D eigenvalue weighted by molar-refractivity contribution is 6.23. The van der Waals surface area contributed by atoms with Gasteiger partial charge in [-0.1, -0.05) is 42.5 Å². The molecule has 2 N–H and O–H groups in total. The Morgan fingerprint density at radius 1 is 1.05 bits per heavy atom. The summed E-state index contributed by atoms with van der Waals surface area (Å²) >= 11 is 0. The van der Waals surface area contributed by atoms with Crippen molar-refractivity contribution < 1.29 is 31.9 Å². The van der Waals surface area contributed by atoms with Crippen molar-refractivity contribution in [3.63, 3.8) is 0 Å². The van der Waals surface area contributed by atoms with Gasteiger partial charge in [0.05, 0.1) is 17.9 Å². The van der Waals surface area contributed by atoms with E-state index in [2.05, 4.69) is 30.4 Å². The van der Waals surface area contributed by atoms with E-state index < -0.39 is 18.6 Å². The predicted octanol–water partition coefficient (Wildman–Crippen LogP) is 4.85. The summed E-state index contributed by atoms with van der Waals surface area (Å²) in [5.74, 6) is -0.281. The number of rotatable bonds is 7. The summed E-state index contributed by atoms with van der Waals surface area (Å²) in [6, 6.07) is 17.9. The minimum absolute atomic E-state index is 0.0593. The summed E-state index contributed by atoms with van der Waals surface area (Å²) in [6.45, 7) is 1.38. The third-order valence-corrected chi connectivity index (χ3v) is 6.21. The molecule has 5 rings (SSSR count). The van der Waals surface area contributed by atoms with Gasteiger partial charge < -0.3 is 10.1 Å². The van der Waals surface area contributed by atoms with E-state index in [0.717, 1.165) is 17.7 Å². The summed E-state index contributed by atoms with van der Waals surface area (Å²) in [5, 5.41) is 9.28. The topological polar surface area (TPSA) is 114 Å². The quantitative estimate of drug-likeness (QED) is 0.303. The Labute approximate surface area is 236 Å². The second-order valence-corrected chi connectivity index (χ2v) is 9.13. The highest BCUT2D eigenvalue weighted by atomic mass is 19.4. The lowest BCUT2D eigenvalue weighted by molar-refractivity contribution is -0.274. The number of para-hydroxylation sites is 1. The fourth-order valence-corrected chi connectivity index (χ4v) is 4.17. The van der Waals surface area contributed by atoms with Crippen molar-refractivity contribution >= 4 is 23.6 Å². The molecule has 0 radical (unpaired) electrons. The van der Waals surface area contributed by atoms with Gasteiger partial charge in [0.2, 0.25) is 5.96 Å². The molecular formula is C28H23F4N7O3. The van der Waals surface area contributed by atoms with E-state index in [1.807, 2.05) is 19.1 Å². The number of benzene rings is 3. The molecule has 1 aromatic heterocycles. The highest BCUT2D eigenvalue weighted by Gasteiger charge is 2.31. The van der Waals surface area contributed by atoms with Crippen LogP contribution in [0.4, 0.5) is 28.0 Å². The number of aryl methyl sites for hydroxylation is 1. The van der Waals surface area contributed by atoms with E-state index in [-0.39, 0.29) is 30.7 Å². The number of aromatic nitrogens is 3. The Hall–Kier alpha value is -5.27. The summed E-state index contributed by atoms with van der Waals surface area (Å²) < 4.78 is 57.2. The normalized spacial score (nSPS) is 14.0. The van der Waals surface area contributed by atoms with Crippen molar-refractivity contribution in [2.24, 2.45) is 4.99 Å². The number of amides is 3. The Balaban J connectivity index is 1.16. The first-order valence-corrected chi connectivity index (χ1v) is 12.6. The number of anilines is 1. The van der Waals surface area contributed by atoms with Crippen LogP contribution >= 0.6 is 0 Å². The Morgan fingerprint density at radius 2 is 1.76 bits per heavy atom. The Morgan fingerprint density at radius 3 is 2.45 bits per heavy atom. The first-order chi connectivity index (χ1) is 20.1. The van der Waals surface area contributed by atoms with Crippen LogP contribution in [0.25, 0.3) is 17.1 Å². The molecule has 0 bridgehead atoms. The zero-order valence-electron chi connectivity index (χ0n) is 22.0. The minimum atomic E-state index is -4.79. The second kappa shape index (κ2) is 11.7. The van der Waals surface area contributed by atoms with Gasteiger partial charge >= 0.3 is 12.4 Å². The lowest BCUT2D eigenvalue weighted by atomic mass is 10.1. The molecule has 42 heavy (non-hydrogen) atoms. The zero-order chi connectivity index (χ0) is 29.9. The first kappa shape index (κ1) is 28.3. The average molecular weight is 582 g/mol. The minimum Gasteiger partial charge on any atom is -0.406 e. The maximum atomic E-state index is 14.9. The number of hydrogen-bond donors (Lipinski definition) is 2. The number of nitrogens with zero attached hydrogens (tertiary/aromatic N) is 5. The molecule has 0 saturated carbocycles. The van der Waals surface area contributed by atoms with Crippen LogP contribution in [0, 0.1) is 6.92 Å². The molecule has 0 spiro atoms. The summed E-state index contributed by atoms with van der Waals surface area (Å²) in [6.07, 6.45) is -4.93. The monoisotopic (exact) mass is 581 g/mol. The van der Waals surface area contributed by atoms with Gasteiger partial charge in [-0.25, -0.2) is 28.7 Å². The summed E-state index contributed by atoms with van der Waals surface area (Å²) in [4.78, 5) is 34.4. The summed E-state index contributed by atoms with van der Waals surface area (Å²) in [5.41, 5.74) is 2.75. The van der Waals surface area contributed by atoms with Crippen LogP contribution in [-0.2, 0) is 4.79 Å². The summed E-state index contributed by atoms with van der Waals surface area (Å²) in [7, 11) is 0. The number of carbonyl (C=O) groups excluding carboxylic acids is 2. The van der Waals surface area contributed by atoms with Gasteiger partial charge in [-0.2, -0.15) is 0 Å². The van der Waals surface area contributed by atoms with Crippen molar-refractivity contribution in [3.05, 3.63) is 90.3 Å². The number of halogens is 4. The van der Waals surface area contributed by atoms with Crippen LogP contribution in [0.1, 0.15) is 17.3 Å². The van der Waals surface area contributed by atoms with Gasteiger partial charge in [-0.05, 0) is 48.4 Å². The predicted molar refractivity (Wildman–Crippen MR) is 145 cm³/mol. The molecule has 1 unspecified atom stereocenters. The van der Waals surface area contributed by atoms with Crippen molar-refractivity contribution in [1.82, 2.24) is 25.4 Å². The van der Waals surface area contributed by atoms with Gasteiger partial charge in [-0.3, -0.25) is 10.1 Å². The van der Waals surface area contributed by atoms with Crippen LogP contribution in [0.15, 0.2) is 84.1 Å². The van der Waals surface area contributed by atoms with E-state index in [9.17, 15) is 27.2 Å². The van der Waals surface area contributed by atoms with Crippen LogP contribution < -0.4 is 20.3 Å². The van der Waals surface area contributed by atoms with E-state index in [1.54, 1.807) is 24.3 Å². The second-order valence-electron chi connectivity index (χ2n) is 9.13. The van der Waals surface area contributed by atoms with Crippen LogP contribution in [0.2, 0.25) is 0 Å². The molecule has 2 heterocycles. The fourth-order valence-electron chi connectivity index (χ4n) is 4.17. The molecule has 3 amide bonds. The zero-order valence-corrected chi connectivity index (χ0v) is 22.0. The number of nitrogens with one attached hydrogen (secondary N) is 2. The number of urea groups is 1.